The van der Waals surface area contributed by atoms with Gasteiger partial charge in [-0.2, -0.15) is 4.98 Å². The quantitative estimate of drug-likeness (QED) is 0.533. The Kier molecular flexibility index (Phi) is 1.82. The number of aromatic nitrogens is 2. The normalized spacial score (nSPS) is 9.75. The highest BCUT2D eigenvalue weighted by Crippen LogP contribution is 1.99. The molecule has 0 bridgehead atoms. The summed E-state index contributed by atoms with van der Waals surface area (Å²) in [5.41, 5.74) is 0. The van der Waals surface area contributed by atoms with Gasteiger partial charge in [0.05, 0.1) is 4.43 Å². The first-order valence-electron chi connectivity index (χ1n) is 2.18. The SMILES string of the molecule is Cc1nc(CI)no1. The van der Waals surface area contributed by atoms with E-state index in [1.165, 1.54) is 0 Å². The van der Waals surface area contributed by atoms with Crippen LogP contribution in [0.4, 0.5) is 0 Å². The number of rotatable bonds is 1. The van der Waals surface area contributed by atoms with Crippen molar-refractivity contribution in [2.24, 2.45) is 0 Å². The summed E-state index contributed by atoms with van der Waals surface area (Å²) < 4.78 is 5.50. The van der Waals surface area contributed by atoms with Gasteiger partial charge in [-0.15, -0.1) is 0 Å². The molecule has 0 N–H and O–H groups in total. The van der Waals surface area contributed by atoms with Crippen molar-refractivity contribution in [3.05, 3.63) is 11.7 Å². The summed E-state index contributed by atoms with van der Waals surface area (Å²) in [4.78, 5) is 3.94. The molecule has 3 nitrogen and oxygen atoms in total. The second kappa shape index (κ2) is 2.43. The van der Waals surface area contributed by atoms with Gasteiger partial charge in [0, 0.05) is 6.92 Å². The first-order chi connectivity index (χ1) is 3.83. The van der Waals surface area contributed by atoms with E-state index in [1.807, 2.05) is 0 Å². The summed E-state index contributed by atoms with van der Waals surface area (Å²) in [6, 6.07) is 0. The molecule has 0 radical (unpaired) electrons. The predicted molar refractivity (Wildman–Crippen MR) is 36.8 cm³/mol. The summed E-state index contributed by atoms with van der Waals surface area (Å²) in [7, 11) is 0. The van der Waals surface area contributed by atoms with Crippen LogP contribution in [0, 0.1) is 6.92 Å². The first-order valence-corrected chi connectivity index (χ1v) is 3.70. The van der Waals surface area contributed by atoms with Gasteiger partial charge < -0.3 is 4.52 Å². The van der Waals surface area contributed by atoms with Crippen LogP contribution in [-0.4, -0.2) is 10.1 Å². The molecule has 1 rings (SSSR count). The van der Waals surface area contributed by atoms with Crippen molar-refractivity contribution < 1.29 is 4.52 Å². The fourth-order valence-corrected chi connectivity index (χ4v) is 0.705. The van der Waals surface area contributed by atoms with E-state index in [-0.39, 0.29) is 0 Å². The van der Waals surface area contributed by atoms with E-state index in [9.17, 15) is 0 Å². The van der Waals surface area contributed by atoms with E-state index in [1.54, 1.807) is 6.92 Å². The number of aryl methyl sites for hydroxylation is 1. The van der Waals surface area contributed by atoms with Gasteiger partial charge in [-0.1, -0.05) is 27.7 Å². The minimum atomic E-state index is 0.636. The maximum atomic E-state index is 4.69. The zero-order chi connectivity index (χ0) is 5.98. The van der Waals surface area contributed by atoms with Crippen LogP contribution in [0.3, 0.4) is 0 Å². The molecule has 0 atom stereocenters. The highest BCUT2D eigenvalue weighted by molar-refractivity contribution is 14.1. The van der Waals surface area contributed by atoms with Crippen molar-refractivity contribution in [2.75, 3.05) is 0 Å². The van der Waals surface area contributed by atoms with Crippen molar-refractivity contribution in [1.82, 2.24) is 10.1 Å². The Morgan fingerprint density at radius 3 is 2.75 bits per heavy atom. The van der Waals surface area contributed by atoms with Crippen molar-refractivity contribution in [2.45, 2.75) is 11.4 Å². The lowest BCUT2D eigenvalue weighted by Crippen LogP contribution is -1.77. The Bertz CT molecular complexity index is 174. The minimum absolute atomic E-state index is 0.636. The molecule has 1 heterocycles. The van der Waals surface area contributed by atoms with Crippen LogP contribution in [0.15, 0.2) is 4.52 Å². The summed E-state index contributed by atoms with van der Waals surface area (Å²) in [6.07, 6.45) is 0. The molecular weight excluding hydrogens is 219 g/mol. The van der Waals surface area contributed by atoms with Gasteiger partial charge in [0.15, 0.2) is 5.82 Å². The van der Waals surface area contributed by atoms with Crippen molar-refractivity contribution in [1.29, 1.82) is 0 Å². The van der Waals surface area contributed by atoms with Gasteiger partial charge in [-0.05, 0) is 0 Å². The molecule has 0 unspecified atom stereocenters. The highest BCUT2D eigenvalue weighted by atomic mass is 127. The van der Waals surface area contributed by atoms with Gasteiger partial charge in [-0.25, -0.2) is 0 Å². The highest BCUT2D eigenvalue weighted by Gasteiger charge is 1.96. The molecule has 0 spiro atoms. The zero-order valence-electron chi connectivity index (χ0n) is 4.39. The van der Waals surface area contributed by atoms with E-state index in [4.69, 9.17) is 0 Å². The molecule has 0 fully saturated rings. The maximum absolute atomic E-state index is 4.69. The van der Waals surface area contributed by atoms with Crippen LogP contribution in [-0.2, 0) is 4.43 Å². The molecule has 0 amide bonds. The van der Waals surface area contributed by atoms with Gasteiger partial charge in [0.25, 0.3) is 0 Å². The minimum Gasteiger partial charge on any atom is -0.340 e. The number of hydrogen-bond acceptors (Lipinski definition) is 3. The Labute approximate surface area is 60.6 Å². The van der Waals surface area contributed by atoms with E-state index in [0.29, 0.717) is 5.89 Å². The molecule has 44 valence electrons. The lowest BCUT2D eigenvalue weighted by atomic mass is 10.7. The van der Waals surface area contributed by atoms with E-state index in [2.05, 4.69) is 37.3 Å². The molecule has 4 heteroatoms. The Morgan fingerprint density at radius 2 is 2.50 bits per heavy atom. The van der Waals surface area contributed by atoms with Gasteiger partial charge in [-0.3, -0.25) is 0 Å². The standard InChI is InChI=1S/C4H5IN2O/c1-3-6-4(2-5)7-8-3/h2H2,1H3. The third kappa shape index (κ3) is 1.18. The van der Waals surface area contributed by atoms with Crippen LogP contribution in [0.1, 0.15) is 11.7 Å². The average Bonchev–Trinajstić information content (AvgIpc) is 2.14. The van der Waals surface area contributed by atoms with Crippen LogP contribution in [0.25, 0.3) is 0 Å². The van der Waals surface area contributed by atoms with Crippen molar-refractivity contribution in [3.63, 3.8) is 0 Å². The molecule has 8 heavy (non-hydrogen) atoms. The Morgan fingerprint density at radius 1 is 1.75 bits per heavy atom. The van der Waals surface area contributed by atoms with Crippen LogP contribution < -0.4 is 0 Å². The second-order valence-electron chi connectivity index (χ2n) is 1.36. The summed E-state index contributed by atoms with van der Waals surface area (Å²) in [5.74, 6) is 1.40. The first kappa shape index (κ1) is 6.00. The lowest BCUT2D eigenvalue weighted by molar-refractivity contribution is 0.389. The molecule has 0 aliphatic heterocycles. The van der Waals surface area contributed by atoms with Crippen LogP contribution in [0.5, 0.6) is 0 Å². The number of halogens is 1. The third-order valence-corrected chi connectivity index (χ3v) is 1.37. The van der Waals surface area contributed by atoms with Crippen molar-refractivity contribution in [3.8, 4) is 0 Å². The fourth-order valence-electron chi connectivity index (χ4n) is 0.396. The van der Waals surface area contributed by atoms with Crippen LogP contribution in [0.2, 0.25) is 0 Å². The van der Waals surface area contributed by atoms with Gasteiger partial charge in [0.1, 0.15) is 0 Å². The van der Waals surface area contributed by atoms with E-state index < -0.39 is 0 Å². The number of hydrogen-bond donors (Lipinski definition) is 0. The predicted octanol–water partition coefficient (Wildman–Crippen LogP) is 1.31. The third-order valence-electron chi connectivity index (χ3n) is 0.689. The van der Waals surface area contributed by atoms with Gasteiger partial charge in [0.2, 0.25) is 5.89 Å². The number of nitrogens with zero attached hydrogens (tertiary/aromatic N) is 2. The number of alkyl halides is 1. The molecule has 0 aliphatic carbocycles. The van der Waals surface area contributed by atoms with E-state index >= 15 is 0 Å². The molecule has 1 aromatic heterocycles. The molecule has 0 saturated carbocycles. The van der Waals surface area contributed by atoms with Crippen LogP contribution >= 0.6 is 22.6 Å². The smallest absolute Gasteiger partial charge is 0.223 e. The second-order valence-corrected chi connectivity index (χ2v) is 2.13. The summed E-state index contributed by atoms with van der Waals surface area (Å²) in [5, 5.41) is 3.64. The summed E-state index contributed by atoms with van der Waals surface area (Å²) in [6.45, 7) is 1.78. The maximum Gasteiger partial charge on any atom is 0.223 e. The molecule has 0 saturated heterocycles. The largest absolute Gasteiger partial charge is 0.340 e. The van der Waals surface area contributed by atoms with Crippen molar-refractivity contribution >= 4 is 22.6 Å². The summed E-state index contributed by atoms with van der Waals surface area (Å²) >= 11 is 2.18. The lowest BCUT2D eigenvalue weighted by Gasteiger charge is -1.72. The van der Waals surface area contributed by atoms with E-state index in [0.717, 1.165) is 10.3 Å². The Hall–Kier alpha value is -0.130. The zero-order valence-corrected chi connectivity index (χ0v) is 6.55. The Balaban J connectivity index is 2.84. The molecular formula is C4H5IN2O. The molecule has 1 aromatic rings. The molecule has 0 aromatic carbocycles. The average molecular weight is 224 g/mol. The monoisotopic (exact) mass is 224 g/mol. The molecule has 0 aliphatic rings. The fraction of sp³-hybridized carbons (Fsp3) is 0.500. The topological polar surface area (TPSA) is 38.9 Å². The van der Waals surface area contributed by atoms with Gasteiger partial charge >= 0.3 is 0 Å².